The van der Waals surface area contributed by atoms with Gasteiger partial charge in [0, 0.05) is 19.5 Å². The summed E-state index contributed by atoms with van der Waals surface area (Å²) in [5, 5.41) is 12.7. The van der Waals surface area contributed by atoms with Gasteiger partial charge >= 0.3 is 0 Å². The van der Waals surface area contributed by atoms with Gasteiger partial charge in [0.25, 0.3) is 0 Å². The van der Waals surface area contributed by atoms with Crippen LogP contribution in [0.4, 0.5) is 0 Å². The highest BCUT2D eigenvalue weighted by Crippen LogP contribution is 2.28. The second kappa shape index (κ2) is 5.93. The second-order valence-corrected chi connectivity index (χ2v) is 7.43. The highest BCUT2D eigenvalue weighted by atomic mass is 16.3. The molecule has 2 aliphatic rings. The van der Waals surface area contributed by atoms with Crippen molar-refractivity contribution in [3.05, 3.63) is 0 Å². The van der Waals surface area contributed by atoms with Crippen molar-refractivity contribution in [1.82, 2.24) is 10.2 Å². The van der Waals surface area contributed by atoms with E-state index in [0.717, 1.165) is 12.8 Å². The molecule has 6 nitrogen and oxygen atoms in total. The zero-order valence-corrected chi connectivity index (χ0v) is 13.1. The number of aliphatic hydroxyl groups is 1. The van der Waals surface area contributed by atoms with E-state index in [1.807, 2.05) is 20.8 Å². The molecule has 1 saturated heterocycles. The van der Waals surface area contributed by atoms with Gasteiger partial charge in [0.15, 0.2) is 0 Å². The molecule has 21 heavy (non-hydrogen) atoms. The summed E-state index contributed by atoms with van der Waals surface area (Å²) in [7, 11) is 0. The van der Waals surface area contributed by atoms with E-state index in [4.69, 9.17) is 5.73 Å². The topological polar surface area (TPSA) is 95.7 Å². The third-order valence-corrected chi connectivity index (χ3v) is 4.33. The number of hydrogen-bond acceptors (Lipinski definition) is 4. The van der Waals surface area contributed by atoms with E-state index in [1.54, 1.807) is 0 Å². The molecular formula is C15H27N3O3. The number of amides is 2. The van der Waals surface area contributed by atoms with Crippen LogP contribution in [0.15, 0.2) is 0 Å². The van der Waals surface area contributed by atoms with Gasteiger partial charge in [-0.15, -0.1) is 0 Å². The number of nitrogens with two attached hydrogens (primary N) is 1. The van der Waals surface area contributed by atoms with Gasteiger partial charge in [-0.3, -0.25) is 9.59 Å². The number of nitrogens with zero attached hydrogens (tertiary/aromatic N) is 1. The Bertz CT molecular complexity index is 415. The highest BCUT2D eigenvalue weighted by Gasteiger charge is 2.42. The molecule has 2 rings (SSSR count). The summed E-state index contributed by atoms with van der Waals surface area (Å²) in [4.78, 5) is 26.2. The molecule has 1 heterocycles. The predicted molar refractivity (Wildman–Crippen MR) is 79.3 cm³/mol. The van der Waals surface area contributed by atoms with Crippen LogP contribution in [0.1, 0.15) is 40.0 Å². The van der Waals surface area contributed by atoms with Gasteiger partial charge in [-0.2, -0.15) is 0 Å². The molecule has 2 amide bonds. The van der Waals surface area contributed by atoms with Crippen molar-refractivity contribution < 1.29 is 14.7 Å². The van der Waals surface area contributed by atoms with Crippen molar-refractivity contribution >= 4 is 11.8 Å². The molecule has 6 heteroatoms. The van der Waals surface area contributed by atoms with Gasteiger partial charge < -0.3 is 21.1 Å². The Hall–Kier alpha value is -1.14. The molecule has 0 aromatic rings. The van der Waals surface area contributed by atoms with Crippen LogP contribution in [0.2, 0.25) is 0 Å². The van der Waals surface area contributed by atoms with E-state index in [1.165, 1.54) is 4.90 Å². The first-order chi connectivity index (χ1) is 9.70. The van der Waals surface area contributed by atoms with Crippen LogP contribution in [-0.2, 0) is 9.59 Å². The first kappa shape index (κ1) is 16.2. The van der Waals surface area contributed by atoms with Crippen molar-refractivity contribution in [3.8, 4) is 0 Å². The van der Waals surface area contributed by atoms with E-state index in [0.29, 0.717) is 18.9 Å². The number of carbonyl (C=O) groups is 2. The maximum absolute atomic E-state index is 12.5. The first-order valence-corrected chi connectivity index (χ1v) is 7.72. The van der Waals surface area contributed by atoms with Crippen molar-refractivity contribution in [3.63, 3.8) is 0 Å². The Balaban J connectivity index is 2.01. The Morgan fingerprint density at radius 1 is 1.38 bits per heavy atom. The van der Waals surface area contributed by atoms with Crippen molar-refractivity contribution in [2.24, 2.45) is 17.1 Å². The Labute approximate surface area is 126 Å². The lowest BCUT2D eigenvalue weighted by Gasteiger charge is -2.32. The van der Waals surface area contributed by atoms with E-state index in [2.05, 4.69) is 5.32 Å². The van der Waals surface area contributed by atoms with Crippen LogP contribution in [0.5, 0.6) is 0 Å². The zero-order chi connectivity index (χ0) is 15.8. The van der Waals surface area contributed by atoms with Crippen molar-refractivity contribution in [2.75, 3.05) is 13.1 Å². The lowest BCUT2D eigenvalue weighted by atomic mass is 9.86. The van der Waals surface area contributed by atoms with Crippen LogP contribution in [-0.4, -0.2) is 53.1 Å². The summed E-state index contributed by atoms with van der Waals surface area (Å²) in [5.41, 5.74) is 5.63. The molecular weight excluding hydrogens is 270 g/mol. The lowest BCUT2D eigenvalue weighted by Crippen LogP contribution is -2.55. The third kappa shape index (κ3) is 3.95. The van der Waals surface area contributed by atoms with Gasteiger partial charge in [0.1, 0.15) is 6.04 Å². The molecule has 0 radical (unpaired) electrons. The standard InChI is InChI=1S/C15H27N3O3/c1-15(2,3)12(16)14(21)18-8-10(19)6-11(18)13(20)17-7-9-4-5-9/h9-12,19H,4-8,16H2,1-3H3,(H,17,20)/t10-,11+,12?/m1/s1. The molecule has 1 aliphatic heterocycles. The summed E-state index contributed by atoms with van der Waals surface area (Å²) >= 11 is 0. The minimum Gasteiger partial charge on any atom is -0.391 e. The Kier molecular flexibility index (Phi) is 4.58. The minimum atomic E-state index is -0.679. The first-order valence-electron chi connectivity index (χ1n) is 7.72. The fourth-order valence-corrected chi connectivity index (χ4v) is 2.54. The average Bonchev–Trinajstić information content (AvgIpc) is 3.14. The fraction of sp³-hybridized carbons (Fsp3) is 0.867. The van der Waals surface area contributed by atoms with E-state index < -0.39 is 18.2 Å². The van der Waals surface area contributed by atoms with E-state index in [9.17, 15) is 14.7 Å². The van der Waals surface area contributed by atoms with Crippen molar-refractivity contribution in [2.45, 2.75) is 58.2 Å². The quantitative estimate of drug-likeness (QED) is 0.672. The smallest absolute Gasteiger partial charge is 0.242 e. The number of aliphatic hydroxyl groups excluding tert-OH is 1. The van der Waals surface area contributed by atoms with E-state index in [-0.39, 0.29) is 23.8 Å². The molecule has 0 bridgehead atoms. The van der Waals surface area contributed by atoms with E-state index >= 15 is 0 Å². The maximum Gasteiger partial charge on any atom is 0.242 e. The highest BCUT2D eigenvalue weighted by molar-refractivity contribution is 5.90. The van der Waals surface area contributed by atoms with Crippen molar-refractivity contribution in [1.29, 1.82) is 0 Å². The Morgan fingerprint density at radius 2 is 2.00 bits per heavy atom. The number of β-amino-alcohol motifs (C(OH)–C–C–N with tert-alkyl or cyclic N) is 1. The number of carbonyl (C=O) groups excluding carboxylic acids is 2. The molecule has 3 atom stereocenters. The van der Waals surface area contributed by atoms with Crippen LogP contribution in [0.25, 0.3) is 0 Å². The summed E-state index contributed by atoms with van der Waals surface area (Å²) in [6.07, 6.45) is 1.95. The molecule has 0 aromatic heterocycles. The molecule has 4 N–H and O–H groups in total. The molecule has 120 valence electrons. The molecule has 1 unspecified atom stereocenters. The fourth-order valence-electron chi connectivity index (χ4n) is 2.54. The monoisotopic (exact) mass is 297 g/mol. The predicted octanol–water partition coefficient (Wildman–Crippen LogP) is -0.152. The molecule has 0 spiro atoms. The summed E-state index contributed by atoms with van der Waals surface area (Å²) < 4.78 is 0. The maximum atomic E-state index is 12.5. The normalized spacial score (nSPS) is 27.6. The van der Waals surface area contributed by atoms with Crippen LogP contribution < -0.4 is 11.1 Å². The average molecular weight is 297 g/mol. The number of hydrogen-bond donors (Lipinski definition) is 3. The van der Waals surface area contributed by atoms with Gasteiger partial charge in [-0.05, 0) is 24.2 Å². The molecule has 2 fully saturated rings. The second-order valence-electron chi connectivity index (χ2n) is 7.43. The van der Waals surface area contributed by atoms with Crippen LogP contribution in [0, 0.1) is 11.3 Å². The number of likely N-dealkylation sites (tertiary alicyclic amines) is 1. The molecule has 0 aromatic carbocycles. The Morgan fingerprint density at radius 3 is 2.52 bits per heavy atom. The van der Waals surface area contributed by atoms with Gasteiger partial charge in [-0.25, -0.2) is 0 Å². The van der Waals surface area contributed by atoms with Crippen LogP contribution in [0.3, 0.4) is 0 Å². The van der Waals surface area contributed by atoms with Gasteiger partial charge in [-0.1, -0.05) is 20.8 Å². The molecule has 1 aliphatic carbocycles. The SMILES string of the molecule is CC(C)(C)C(N)C(=O)N1C[C@H](O)C[C@H]1C(=O)NCC1CC1. The summed E-state index contributed by atoms with van der Waals surface area (Å²) in [6, 6.07) is -1.28. The number of nitrogens with one attached hydrogen (secondary N) is 1. The van der Waals surface area contributed by atoms with Gasteiger partial charge in [0.05, 0.1) is 12.1 Å². The minimum absolute atomic E-state index is 0.173. The number of rotatable bonds is 4. The van der Waals surface area contributed by atoms with Crippen LogP contribution >= 0.6 is 0 Å². The molecule has 1 saturated carbocycles. The summed E-state index contributed by atoms with van der Waals surface area (Å²) in [6.45, 7) is 6.53. The largest absolute Gasteiger partial charge is 0.391 e. The lowest BCUT2D eigenvalue weighted by molar-refractivity contribution is -0.141. The van der Waals surface area contributed by atoms with Gasteiger partial charge in [0.2, 0.25) is 11.8 Å². The zero-order valence-electron chi connectivity index (χ0n) is 13.1. The summed E-state index contributed by atoms with van der Waals surface area (Å²) in [5.74, 6) is 0.153. The third-order valence-electron chi connectivity index (χ3n) is 4.33.